The summed E-state index contributed by atoms with van der Waals surface area (Å²) in [6, 6.07) is 14.9. The first-order valence-corrected chi connectivity index (χ1v) is 6.53. The highest BCUT2D eigenvalue weighted by molar-refractivity contribution is 6.30. The number of aromatic nitrogens is 3. The van der Waals surface area contributed by atoms with E-state index in [2.05, 4.69) is 15.4 Å². The van der Waals surface area contributed by atoms with Crippen molar-refractivity contribution in [1.82, 2.24) is 15.4 Å². The van der Waals surface area contributed by atoms with Crippen molar-refractivity contribution in [3.05, 3.63) is 59.2 Å². The maximum atomic E-state index is 11.0. The Morgan fingerprint density at radius 3 is 2.00 bits per heavy atom. The first kappa shape index (κ1) is 13.3. The number of halogens is 1. The van der Waals surface area contributed by atoms with E-state index in [1.807, 2.05) is 48.5 Å². The normalized spacial score (nSPS) is 10.5. The van der Waals surface area contributed by atoms with Gasteiger partial charge in [0.05, 0.1) is 0 Å². The summed E-state index contributed by atoms with van der Waals surface area (Å²) in [5.74, 6) is -1.11. The fraction of sp³-hybridized carbons (Fsp3) is 0. The number of H-pyrrole nitrogens is 1. The van der Waals surface area contributed by atoms with Crippen LogP contribution >= 0.6 is 11.6 Å². The minimum atomic E-state index is -1.11. The number of hydrogen-bond donors (Lipinski definition) is 2. The minimum absolute atomic E-state index is 0.0887. The van der Waals surface area contributed by atoms with Gasteiger partial charge in [0.15, 0.2) is 5.69 Å². The molecule has 0 saturated carbocycles. The van der Waals surface area contributed by atoms with Crippen molar-refractivity contribution in [2.75, 3.05) is 0 Å². The van der Waals surface area contributed by atoms with Gasteiger partial charge in [-0.25, -0.2) is 4.79 Å². The Bertz CT molecular complexity index is 779. The van der Waals surface area contributed by atoms with Gasteiger partial charge in [0.1, 0.15) is 5.69 Å². The van der Waals surface area contributed by atoms with Crippen LogP contribution < -0.4 is 0 Å². The molecule has 21 heavy (non-hydrogen) atoms. The van der Waals surface area contributed by atoms with Crippen LogP contribution in [-0.2, 0) is 0 Å². The number of carbonyl (C=O) groups is 1. The second-order valence-corrected chi connectivity index (χ2v) is 4.85. The molecule has 3 aromatic rings. The Balaban J connectivity index is 1.95. The molecule has 1 heterocycles. The Kier molecular flexibility index (Phi) is 3.41. The third-order valence-electron chi connectivity index (χ3n) is 3.09. The van der Waals surface area contributed by atoms with E-state index in [1.54, 1.807) is 0 Å². The Morgan fingerprint density at radius 1 is 0.905 bits per heavy atom. The maximum Gasteiger partial charge on any atom is 0.358 e. The van der Waals surface area contributed by atoms with Crippen molar-refractivity contribution < 1.29 is 9.90 Å². The summed E-state index contributed by atoms with van der Waals surface area (Å²) in [7, 11) is 0. The van der Waals surface area contributed by atoms with Crippen LogP contribution in [0.1, 0.15) is 10.5 Å². The number of benzene rings is 2. The average Bonchev–Trinajstić information content (AvgIpc) is 2.98. The molecule has 1 aromatic heterocycles. The molecular weight excluding hydrogens is 290 g/mol. The van der Waals surface area contributed by atoms with Gasteiger partial charge in [0.25, 0.3) is 0 Å². The summed E-state index contributed by atoms with van der Waals surface area (Å²) >= 11 is 5.86. The van der Waals surface area contributed by atoms with Crippen LogP contribution in [0.2, 0.25) is 5.02 Å². The van der Waals surface area contributed by atoms with Crippen LogP contribution in [0.5, 0.6) is 0 Å². The van der Waals surface area contributed by atoms with Crippen LogP contribution in [-0.4, -0.2) is 26.5 Å². The molecule has 2 aromatic carbocycles. The number of nitrogens with zero attached hydrogens (tertiary/aromatic N) is 2. The average molecular weight is 300 g/mol. The highest BCUT2D eigenvalue weighted by atomic mass is 35.5. The van der Waals surface area contributed by atoms with E-state index >= 15 is 0 Å². The van der Waals surface area contributed by atoms with E-state index < -0.39 is 5.97 Å². The molecule has 6 heteroatoms. The van der Waals surface area contributed by atoms with Gasteiger partial charge < -0.3 is 5.11 Å². The molecule has 0 aliphatic carbocycles. The molecular formula is C15H10ClN3O2. The topological polar surface area (TPSA) is 78.9 Å². The zero-order valence-electron chi connectivity index (χ0n) is 10.7. The number of rotatable bonds is 3. The van der Waals surface area contributed by atoms with Crippen molar-refractivity contribution >= 4 is 17.6 Å². The number of aromatic amines is 1. The van der Waals surface area contributed by atoms with Crippen LogP contribution in [0.15, 0.2) is 48.5 Å². The van der Waals surface area contributed by atoms with E-state index in [1.165, 1.54) is 0 Å². The summed E-state index contributed by atoms with van der Waals surface area (Å²) in [6.07, 6.45) is 0. The number of hydrogen-bond acceptors (Lipinski definition) is 3. The van der Waals surface area contributed by atoms with Crippen molar-refractivity contribution in [3.8, 4) is 22.4 Å². The lowest BCUT2D eigenvalue weighted by Crippen LogP contribution is -1.99. The maximum absolute atomic E-state index is 11.0. The van der Waals surface area contributed by atoms with Gasteiger partial charge in [-0.1, -0.05) is 48.0 Å². The molecule has 0 amide bonds. The first-order chi connectivity index (χ1) is 10.1. The predicted molar refractivity (Wildman–Crippen MR) is 79.2 cm³/mol. The molecule has 104 valence electrons. The standard InChI is InChI=1S/C15H10ClN3O2/c16-12-7-5-10(6-8-12)9-1-3-11(4-2-9)13-14(15(20)21)18-19-17-13/h1-8H,(H,20,21)(H,17,18,19). The van der Waals surface area contributed by atoms with Gasteiger partial charge in [-0.3, -0.25) is 0 Å². The molecule has 0 radical (unpaired) electrons. The molecule has 0 unspecified atom stereocenters. The monoisotopic (exact) mass is 299 g/mol. The SMILES string of the molecule is O=C(O)c1n[nH]nc1-c1ccc(-c2ccc(Cl)cc2)cc1. The van der Waals surface area contributed by atoms with Crippen LogP contribution in [0.4, 0.5) is 0 Å². The first-order valence-electron chi connectivity index (χ1n) is 6.15. The predicted octanol–water partition coefficient (Wildman–Crippen LogP) is 3.49. The largest absolute Gasteiger partial charge is 0.476 e. The molecule has 0 fully saturated rings. The quantitative estimate of drug-likeness (QED) is 0.776. The number of carboxylic acid groups (broad SMARTS) is 1. The molecule has 2 N–H and O–H groups in total. The lowest BCUT2D eigenvalue weighted by Gasteiger charge is -2.03. The highest BCUT2D eigenvalue weighted by Crippen LogP contribution is 2.25. The van der Waals surface area contributed by atoms with Crippen LogP contribution in [0, 0.1) is 0 Å². The third-order valence-corrected chi connectivity index (χ3v) is 3.34. The van der Waals surface area contributed by atoms with Crippen molar-refractivity contribution in [2.24, 2.45) is 0 Å². The van der Waals surface area contributed by atoms with Crippen molar-refractivity contribution in [2.45, 2.75) is 0 Å². The van der Waals surface area contributed by atoms with E-state index in [-0.39, 0.29) is 5.69 Å². The van der Waals surface area contributed by atoms with Crippen LogP contribution in [0.25, 0.3) is 22.4 Å². The molecule has 0 atom stereocenters. The fourth-order valence-electron chi connectivity index (χ4n) is 2.04. The van der Waals surface area contributed by atoms with E-state index in [0.29, 0.717) is 16.3 Å². The summed E-state index contributed by atoms with van der Waals surface area (Å²) in [4.78, 5) is 11.0. The van der Waals surface area contributed by atoms with Crippen LogP contribution in [0.3, 0.4) is 0 Å². The van der Waals surface area contributed by atoms with E-state index in [4.69, 9.17) is 16.7 Å². The number of aromatic carboxylic acids is 1. The Hall–Kier alpha value is -2.66. The van der Waals surface area contributed by atoms with Crippen molar-refractivity contribution in [1.29, 1.82) is 0 Å². The smallest absolute Gasteiger partial charge is 0.358 e. The molecule has 0 bridgehead atoms. The van der Waals surface area contributed by atoms with Gasteiger partial charge in [0, 0.05) is 10.6 Å². The second-order valence-electron chi connectivity index (χ2n) is 4.41. The van der Waals surface area contributed by atoms with Gasteiger partial charge in [0.2, 0.25) is 0 Å². The Labute approximate surface area is 125 Å². The second kappa shape index (κ2) is 5.38. The van der Waals surface area contributed by atoms with Crippen molar-refractivity contribution in [3.63, 3.8) is 0 Å². The van der Waals surface area contributed by atoms with Gasteiger partial charge in [-0.15, -0.1) is 5.10 Å². The molecule has 0 saturated heterocycles. The Morgan fingerprint density at radius 2 is 1.43 bits per heavy atom. The summed E-state index contributed by atoms with van der Waals surface area (Å²) in [5, 5.41) is 19.6. The summed E-state index contributed by atoms with van der Waals surface area (Å²) in [5.41, 5.74) is 2.97. The molecule has 0 aliphatic heterocycles. The molecule has 0 spiro atoms. The lowest BCUT2D eigenvalue weighted by molar-refractivity contribution is 0.0691. The summed E-state index contributed by atoms with van der Waals surface area (Å²) in [6.45, 7) is 0. The zero-order chi connectivity index (χ0) is 14.8. The molecule has 5 nitrogen and oxygen atoms in total. The van der Waals surface area contributed by atoms with Gasteiger partial charge in [-0.2, -0.15) is 10.3 Å². The third kappa shape index (κ3) is 2.64. The molecule has 0 aliphatic rings. The summed E-state index contributed by atoms with van der Waals surface area (Å²) < 4.78 is 0. The van der Waals surface area contributed by atoms with Gasteiger partial charge in [-0.05, 0) is 23.3 Å². The fourth-order valence-corrected chi connectivity index (χ4v) is 2.17. The minimum Gasteiger partial charge on any atom is -0.476 e. The molecule has 3 rings (SSSR count). The van der Waals surface area contributed by atoms with Gasteiger partial charge >= 0.3 is 5.97 Å². The van der Waals surface area contributed by atoms with E-state index in [9.17, 15) is 4.79 Å². The highest BCUT2D eigenvalue weighted by Gasteiger charge is 2.16. The number of carboxylic acids is 1. The zero-order valence-corrected chi connectivity index (χ0v) is 11.5. The van der Waals surface area contributed by atoms with E-state index in [0.717, 1.165) is 11.1 Å². The number of nitrogens with one attached hydrogen (secondary N) is 1. The lowest BCUT2D eigenvalue weighted by atomic mass is 10.0.